The number of ether oxygens (including phenoxy) is 4. The molecule has 0 fully saturated rings. The Morgan fingerprint density at radius 3 is 2.08 bits per heavy atom. The molecule has 0 bridgehead atoms. The molecule has 2 rings (SSSR count). The first-order valence-corrected chi connectivity index (χ1v) is 8.97. The fraction of sp³-hybridized carbons (Fsp3) is 0.294. The third-order valence-electron chi connectivity index (χ3n) is 3.39. The zero-order chi connectivity index (χ0) is 18.3. The lowest BCUT2D eigenvalue weighted by molar-refractivity contribution is 0.298. The summed E-state index contributed by atoms with van der Waals surface area (Å²) in [5.74, 6) is 1.94. The van der Waals surface area contributed by atoms with Crippen LogP contribution in [0.1, 0.15) is 0 Å². The van der Waals surface area contributed by atoms with Crippen molar-refractivity contribution < 1.29 is 27.4 Å². The van der Waals surface area contributed by atoms with Crippen molar-refractivity contribution in [3.05, 3.63) is 42.5 Å². The summed E-state index contributed by atoms with van der Waals surface area (Å²) < 4.78 is 48.1. The highest BCUT2D eigenvalue weighted by Crippen LogP contribution is 2.29. The lowest BCUT2D eigenvalue weighted by Crippen LogP contribution is -2.28. The SMILES string of the molecule is COc1ccc(S(=O)(=O)NCCOc2ccccc2OC)cc1OC. The molecule has 0 aliphatic heterocycles. The molecule has 0 radical (unpaired) electrons. The quantitative estimate of drug-likeness (QED) is 0.683. The Bertz CT molecular complexity index is 807. The van der Waals surface area contributed by atoms with E-state index in [0.717, 1.165) is 0 Å². The maximum Gasteiger partial charge on any atom is 0.240 e. The smallest absolute Gasteiger partial charge is 0.240 e. The minimum atomic E-state index is -3.68. The number of nitrogens with one attached hydrogen (secondary N) is 1. The van der Waals surface area contributed by atoms with Gasteiger partial charge in [-0.1, -0.05) is 12.1 Å². The number of methoxy groups -OCH3 is 3. The molecule has 0 spiro atoms. The van der Waals surface area contributed by atoms with E-state index in [0.29, 0.717) is 23.0 Å². The zero-order valence-electron chi connectivity index (χ0n) is 14.3. The summed E-state index contributed by atoms with van der Waals surface area (Å²) in [7, 11) is 0.792. The first-order chi connectivity index (χ1) is 12.0. The molecule has 0 atom stereocenters. The molecule has 136 valence electrons. The van der Waals surface area contributed by atoms with Crippen molar-refractivity contribution in [1.29, 1.82) is 0 Å². The number of rotatable bonds is 9. The third-order valence-corrected chi connectivity index (χ3v) is 4.84. The average molecular weight is 367 g/mol. The topological polar surface area (TPSA) is 83.1 Å². The number of para-hydroxylation sites is 2. The molecule has 0 aliphatic rings. The summed E-state index contributed by atoms with van der Waals surface area (Å²) in [5, 5.41) is 0. The van der Waals surface area contributed by atoms with Gasteiger partial charge >= 0.3 is 0 Å². The van der Waals surface area contributed by atoms with Gasteiger partial charge in [0.1, 0.15) is 6.61 Å². The number of benzene rings is 2. The molecule has 0 aromatic heterocycles. The Morgan fingerprint density at radius 2 is 1.44 bits per heavy atom. The summed E-state index contributed by atoms with van der Waals surface area (Å²) in [5.41, 5.74) is 0. The van der Waals surface area contributed by atoms with Crippen molar-refractivity contribution >= 4 is 10.0 Å². The van der Waals surface area contributed by atoms with E-state index >= 15 is 0 Å². The molecule has 2 aromatic rings. The van der Waals surface area contributed by atoms with Crippen molar-refractivity contribution in [3.63, 3.8) is 0 Å². The van der Waals surface area contributed by atoms with Crippen LogP contribution in [-0.4, -0.2) is 42.9 Å². The second kappa shape index (κ2) is 8.59. The highest BCUT2D eigenvalue weighted by atomic mass is 32.2. The first kappa shape index (κ1) is 18.9. The predicted molar refractivity (Wildman–Crippen MR) is 93.2 cm³/mol. The van der Waals surface area contributed by atoms with Gasteiger partial charge in [-0.15, -0.1) is 0 Å². The van der Waals surface area contributed by atoms with Crippen LogP contribution in [-0.2, 0) is 10.0 Å². The van der Waals surface area contributed by atoms with Crippen LogP contribution in [0.3, 0.4) is 0 Å². The number of sulfonamides is 1. The van der Waals surface area contributed by atoms with Crippen LogP contribution in [0.2, 0.25) is 0 Å². The van der Waals surface area contributed by atoms with Gasteiger partial charge in [0.2, 0.25) is 10.0 Å². The van der Waals surface area contributed by atoms with Gasteiger partial charge in [0.25, 0.3) is 0 Å². The Kier molecular flexibility index (Phi) is 6.49. The zero-order valence-corrected chi connectivity index (χ0v) is 15.1. The lowest BCUT2D eigenvalue weighted by Gasteiger charge is -2.12. The van der Waals surface area contributed by atoms with Gasteiger partial charge in [0.15, 0.2) is 23.0 Å². The second-order valence-electron chi connectivity index (χ2n) is 4.91. The second-order valence-corrected chi connectivity index (χ2v) is 6.68. The molecule has 0 saturated carbocycles. The van der Waals surface area contributed by atoms with Crippen LogP contribution in [0, 0.1) is 0 Å². The van der Waals surface area contributed by atoms with E-state index in [1.165, 1.54) is 26.4 Å². The normalized spacial score (nSPS) is 11.0. The molecule has 0 unspecified atom stereocenters. The molecule has 1 N–H and O–H groups in total. The molecule has 25 heavy (non-hydrogen) atoms. The summed E-state index contributed by atoms with van der Waals surface area (Å²) in [6, 6.07) is 11.5. The van der Waals surface area contributed by atoms with Crippen LogP contribution < -0.4 is 23.7 Å². The Hall–Kier alpha value is -2.45. The minimum absolute atomic E-state index is 0.0856. The highest BCUT2D eigenvalue weighted by molar-refractivity contribution is 7.89. The van der Waals surface area contributed by atoms with E-state index in [4.69, 9.17) is 18.9 Å². The molecular weight excluding hydrogens is 346 g/mol. The Morgan fingerprint density at radius 1 is 0.840 bits per heavy atom. The van der Waals surface area contributed by atoms with Crippen molar-refractivity contribution in [2.24, 2.45) is 0 Å². The van der Waals surface area contributed by atoms with E-state index in [1.807, 2.05) is 12.1 Å². The van der Waals surface area contributed by atoms with Gasteiger partial charge in [-0.2, -0.15) is 0 Å². The van der Waals surface area contributed by atoms with Crippen LogP contribution >= 0.6 is 0 Å². The number of hydrogen-bond acceptors (Lipinski definition) is 6. The molecular formula is C17H21NO6S. The first-order valence-electron chi connectivity index (χ1n) is 7.49. The molecule has 0 saturated heterocycles. The summed E-state index contributed by atoms with van der Waals surface area (Å²) in [6.45, 7) is 0.265. The van der Waals surface area contributed by atoms with E-state index < -0.39 is 10.0 Å². The minimum Gasteiger partial charge on any atom is -0.493 e. The van der Waals surface area contributed by atoms with E-state index in [2.05, 4.69) is 4.72 Å². The fourth-order valence-corrected chi connectivity index (χ4v) is 3.17. The standard InChI is InChI=1S/C17H21NO6S/c1-21-14-6-4-5-7-16(14)24-11-10-18-25(19,20)13-8-9-15(22-2)17(12-13)23-3/h4-9,12,18H,10-11H2,1-3H3. The van der Waals surface area contributed by atoms with Crippen molar-refractivity contribution in [2.75, 3.05) is 34.5 Å². The Labute approximate surface area is 147 Å². The molecule has 0 amide bonds. The molecule has 7 nitrogen and oxygen atoms in total. The van der Waals surface area contributed by atoms with Gasteiger partial charge in [0, 0.05) is 12.6 Å². The summed E-state index contributed by atoms with van der Waals surface area (Å²) in [4.78, 5) is 0.0856. The predicted octanol–water partition coefficient (Wildman–Crippen LogP) is 2.07. The summed E-state index contributed by atoms with van der Waals surface area (Å²) >= 11 is 0. The van der Waals surface area contributed by atoms with Crippen molar-refractivity contribution in [3.8, 4) is 23.0 Å². The Balaban J connectivity index is 1.98. The lowest BCUT2D eigenvalue weighted by atomic mass is 10.3. The monoisotopic (exact) mass is 367 g/mol. The molecule has 0 heterocycles. The largest absolute Gasteiger partial charge is 0.493 e. The van der Waals surface area contributed by atoms with Gasteiger partial charge in [-0.3, -0.25) is 0 Å². The molecule has 2 aromatic carbocycles. The van der Waals surface area contributed by atoms with Gasteiger partial charge in [-0.05, 0) is 24.3 Å². The highest BCUT2D eigenvalue weighted by Gasteiger charge is 2.16. The molecule has 8 heteroatoms. The van der Waals surface area contributed by atoms with Gasteiger partial charge < -0.3 is 18.9 Å². The maximum absolute atomic E-state index is 12.3. The van der Waals surface area contributed by atoms with E-state index in [9.17, 15) is 8.42 Å². The number of hydrogen-bond donors (Lipinski definition) is 1. The van der Waals surface area contributed by atoms with E-state index in [1.54, 1.807) is 25.3 Å². The third kappa shape index (κ3) is 4.77. The van der Waals surface area contributed by atoms with Crippen LogP contribution in [0.4, 0.5) is 0 Å². The van der Waals surface area contributed by atoms with Gasteiger partial charge in [0.05, 0.1) is 26.2 Å². The maximum atomic E-state index is 12.3. The van der Waals surface area contributed by atoms with Crippen molar-refractivity contribution in [1.82, 2.24) is 4.72 Å². The van der Waals surface area contributed by atoms with Gasteiger partial charge in [-0.25, -0.2) is 13.1 Å². The van der Waals surface area contributed by atoms with E-state index in [-0.39, 0.29) is 18.0 Å². The fourth-order valence-electron chi connectivity index (χ4n) is 2.14. The molecule has 0 aliphatic carbocycles. The van der Waals surface area contributed by atoms with Crippen LogP contribution in [0.25, 0.3) is 0 Å². The van der Waals surface area contributed by atoms with Crippen molar-refractivity contribution in [2.45, 2.75) is 4.90 Å². The summed E-state index contributed by atoms with van der Waals surface area (Å²) in [6.07, 6.45) is 0. The average Bonchev–Trinajstić information content (AvgIpc) is 2.64. The van der Waals surface area contributed by atoms with Crippen LogP contribution in [0.15, 0.2) is 47.4 Å². The van der Waals surface area contributed by atoms with Crippen LogP contribution in [0.5, 0.6) is 23.0 Å².